The molecule has 3 rings (SSSR count). The second kappa shape index (κ2) is 16.3. The van der Waals surface area contributed by atoms with Crippen molar-refractivity contribution in [2.75, 3.05) is 5.32 Å². The third kappa shape index (κ3) is 9.94. The summed E-state index contributed by atoms with van der Waals surface area (Å²) in [4.78, 5) is 74.4. The molecule has 2 amide bonds. The molecular weight excluding hydrogens is 668 g/mol. The molecule has 4 unspecified atom stereocenters. The lowest BCUT2D eigenvalue weighted by Gasteiger charge is -2.37. The normalized spacial score (nSPS) is 13.6. The fourth-order valence-corrected chi connectivity index (χ4v) is 5.13. The first-order valence-corrected chi connectivity index (χ1v) is 15.8. The molecule has 6 N–H and O–H groups in total. The van der Waals surface area contributed by atoms with Crippen molar-refractivity contribution in [3.63, 3.8) is 0 Å². The number of nitrogens with two attached hydrogens (primary N) is 1. The number of aldehydes is 1. The number of phenols is 1. The van der Waals surface area contributed by atoms with Gasteiger partial charge in [0.05, 0.1) is 11.3 Å². The highest BCUT2D eigenvalue weighted by Gasteiger charge is 2.46. The highest BCUT2D eigenvalue weighted by atomic mass is 16.7. The highest BCUT2D eigenvalue weighted by Crippen LogP contribution is 2.37. The molecule has 0 saturated heterocycles. The summed E-state index contributed by atoms with van der Waals surface area (Å²) in [6, 6.07) is 6.66. The van der Waals surface area contributed by atoms with Crippen LogP contribution in [0.5, 0.6) is 17.2 Å². The number of ether oxygens (including phenoxy) is 3. The van der Waals surface area contributed by atoms with E-state index >= 15 is 0 Å². The van der Waals surface area contributed by atoms with Crippen LogP contribution in [0.2, 0.25) is 0 Å². The number of fused-ring (bicyclic) bond motifs is 1. The van der Waals surface area contributed by atoms with Crippen molar-refractivity contribution in [2.24, 2.45) is 17.1 Å². The number of nitrogens with one attached hydrogen (secondary N) is 1. The average molecular weight is 711 g/mol. The van der Waals surface area contributed by atoms with Crippen LogP contribution in [-0.4, -0.2) is 63.9 Å². The molecule has 0 radical (unpaired) electrons. The van der Waals surface area contributed by atoms with Crippen molar-refractivity contribution in [3.8, 4) is 17.2 Å². The van der Waals surface area contributed by atoms with Gasteiger partial charge in [-0.2, -0.15) is 0 Å². The van der Waals surface area contributed by atoms with Crippen molar-refractivity contribution in [1.29, 1.82) is 0 Å². The Kier molecular flexibility index (Phi) is 12.7. The number of aliphatic hydroxyl groups is 1. The summed E-state index contributed by atoms with van der Waals surface area (Å²) in [5.41, 5.74) is 4.05. The number of aryl methyl sites for hydroxylation is 1. The summed E-state index contributed by atoms with van der Waals surface area (Å²) in [7, 11) is 0. The average Bonchev–Trinajstić information content (AvgIpc) is 3.01. The molecule has 274 valence electrons. The number of carbonyl (C=O) groups excluding carboxylic acids is 5. The number of hydrogen-bond acceptors (Lipinski definition) is 13. The van der Waals surface area contributed by atoms with E-state index in [1.165, 1.54) is 37.3 Å². The first-order valence-electron chi connectivity index (χ1n) is 15.8. The van der Waals surface area contributed by atoms with Gasteiger partial charge >= 0.3 is 17.7 Å². The van der Waals surface area contributed by atoms with Crippen molar-refractivity contribution >= 4 is 46.7 Å². The molecule has 0 aliphatic carbocycles. The molecule has 4 atom stereocenters. The van der Waals surface area contributed by atoms with E-state index in [-0.39, 0.29) is 33.6 Å². The van der Waals surface area contributed by atoms with Gasteiger partial charge in [0.1, 0.15) is 35.6 Å². The summed E-state index contributed by atoms with van der Waals surface area (Å²) in [5.74, 6) is -4.49. The van der Waals surface area contributed by atoms with Crippen LogP contribution in [0.4, 0.5) is 10.5 Å². The molecule has 0 aliphatic rings. The second-order valence-electron chi connectivity index (χ2n) is 13.2. The Morgan fingerprint density at radius 1 is 1.02 bits per heavy atom. The fourth-order valence-electron chi connectivity index (χ4n) is 5.13. The zero-order valence-corrected chi connectivity index (χ0v) is 29.3. The molecule has 1 heterocycles. The molecule has 0 fully saturated rings. The van der Waals surface area contributed by atoms with Crippen LogP contribution in [0.25, 0.3) is 11.0 Å². The lowest BCUT2D eigenvalue weighted by Crippen LogP contribution is -2.53. The molecule has 3 aromatic rings. The van der Waals surface area contributed by atoms with E-state index in [9.17, 15) is 44.1 Å². The van der Waals surface area contributed by atoms with Crippen LogP contribution < -0.4 is 21.4 Å². The quantitative estimate of drug-likeness (QED) is 0.0394. The summed E-state index contributed by atoms with van der Waals surface area (Å²) >= 11 is 0. The van der Waals surface area contributed by atoms with E-state index in [2.05, 4.69) is 5.32 Å². The van der Waals surface area contributed by atoms with Gasteiger partial charge in [-0.05, 0) is 75.4 Å². The Morgan fingerprint density at radius 3 is 2.25 bits per heavy atom. The first kappa shape index (κ1) is 39.7. The maximum atomic E-state index is 13.1. The van der Waals surface area contributed by atoms with E-state index in [0.29, 0.717) is 18.3 Å². The smallest absolute Gasteiger partial charge is 0.404 e. The number of allylic oxidation sites excluding steroid dienone is 2. The number of anilines is 1. The van der Waals surface area contributed by atoms with E-state index in [1.807, 2.05) is 19.9 Å². The Bertz CT molecular complexity index is 1920. The highest BCUT2D eigenvalue weighted by molar-refractivity contribution is 6.06. The first-order chi connectivity index (χ1) is 23.7. The van der Waals surface area contributed by atoms with Crippen LogP contribution >= 0.6 is 0 Å². The summed E-state index contributed by atoms with van der Waals surface area (Å²) in [5, 5.41) is 34.8. The molecule has 0 bridgehead atoms. The largest absolute Gasteiger partial charge is 0.508 e. The predicted octanol–water partition coefficient (Wildman–Crippen LogP) is 4.19. The van der Waals surface area contributed by atoms with Crippen molar-refractivity contribution in [3.05, 3.63) is 69.1 Å². The van der Waals surface area contributed by atoms with Gasteiger partial charge in [0.15, 0.2) is 17.5 Å². The topological polar surface area (TPSA) is 242 Å². The molecule has 15 heteroatoms. The van der Waals surface area contributed by atoms with E-state index in [1.54, 1.807) is 20.8 Å². The molecule has 51 heavy (non-hydrogen) atoms. The van der Waals surface area contributed by atoms with Gasteiger partial charge in [-0.15, -0.1) is 0 Å². The van der Waals surface area contributed by atoms with E-state index in [4.69, 9.17) is 24.4 Å². The zero-order valence-electron chi connectivity index (χ0n) is 29.3. The van der Waals surface area contributed by atoms with Crippen molar-refractivity contribution in [2.45, 2.75) is 79.8 Å². The third-order valence-corrected chi connectivity index (χ3v) is 7.82. The minimum Gasteiger partial charge on any atom is -0.508 e. The monoisotopic (exact) mass is 710 g/mol. The summed E-state index contributed by atoms with van der Waals surface area (Å²) < 4.78 is 21.6. The van der Waals surface area contributed by atoms with Crippen LogP contribution in [0.15, 0.2) is 51.2 Å². The predicted molar refractivity (Wildman–Crippen MR) is 183 cm³/mol. The zero-order chi connectivity index (χ0) is 38.4. The van der Waals surface area contributed by atoms with Crippen LogP contribution in [0, 0.1) is 18.3 Å². The van der Waals surface area contributed by atoms with Gasteiger partial charge in [0.2, 0.25) is 12.4 Å². The Balaban J connectivity index is 2.01. The van der Waals surface area contributed by atoms with Gasteiger partial charge in [0.25, 0.3) is 5.91 Å². The Hall–Kier alpha value is -5.70. The molecule has 0 spiro atoms. The van der Waals surface area contributed by atoms with Crippen LogP contribution in [-0.2, 0) is 30.3 Å². The lowest BCUT2D eigenvalue weighted by molar-refractivity contribution is -0.195. The number of Topliss-reactive ketones (excluding diaryl/α,β-unsaturated/α-hetero) is 1. The molecule has 0 saturated carbocycles. The second-order valence-corrected chi connectivity index (χ2v) is 13.2. The van der Waals surface area contributed by atoms with E-state index in [0.717, 1.165) is 12.5 Å². The summed E-state index contributed by atoms with van der Waals surface area (Å²) in [6.45, 7) is 11.2. The number of benzene rings is 2. The third-order valence-electron chi connectivity index (χ3n) is 7.82. The molecular formula is C36H42N2O13. The summed E-state index contributed by atoms with van der Waals surface area (Å²) in [6.07, 6.45) is -5.15. The van der Waals surface area contributed by atoms with E-state index < -0.39 is 77.1 Å². The Morgan fingerprint density at radius 2 is 1.69 bits per heavy atom. The number of aromatic hydroxyl groups is 2. The van der Waals surface area contributed by atoms with Gasteiger partial charge in [-0.3, -0.25) is 14.4 Å². The number of amides is 2. The number of esters is 1. The minimum absolute atomic E-state index is 0.0232. The van der Waals surface area contributed by atoms with Crippen molar-refractivity contribution < 1.29 is 57.9 Å². The lowest BCUT2D eigenvalue weighted by atomic mass is 9.76. The molecule has 15 nitrogen and oxygen atoms in total. The molecule has 0 aliphatic heterocycles. The van der Waals surface area contributed by atoms with Gasteiger partial charge in [0, 0.05) is 11.1 Å². The number of phenolic OH excluding ortho intramolecular Hbond substituents is 1. The fraction of sp³-hybridized carbons (Fsp3) is 0.389. The standard InChI is InChI=1S/C36H42N2O13/c1-17(2)8-9-20-15-21(10-12-24(20)41)32(44)38-27-28(43)22-11-13-25(19(4)29(22)50-33(27)45)48-34(46)31(49-26(42)14-18(3)40)30(51-35(37)47)23(16-39)36(5,6)7/h8,10-13,15-16,23,30-31,34,41,43,46H,9,14H2,1-7H3,(H2,37,47)(H,38,44). The SMILES string of the molecule is CC(=O)CC(=O)OC(C(O)Oc1ccc2c(O)c(NC(=O)c3ccc(O)c(CC=C(C)C)c3)c(=O)oc2c1C)C(OC(N)=O)C(C=O)C(C)(C)C. The number of primary amides is 1. The van der Waals surface area contributed by atoms with Crippen LogP contribution in [0.1, 0.15) is 69.4 Å². The Labute approximate surface area is 293 Å². The van der Waals surface area contributed by atoms with Crippen molar-refractivity contribution in [1.82, 2.24) is 0 Å². The number of rotatable bonds is 14. The molecule has 1 aromatic heterocycles. The molecule has 2 aromatic carbocycles. The number of hydrogen-bond donors (Lipinski definition) is 5. The maximum Gasteiger partial charge on any atom is 0.404 e. The van der Waals surface area contributed by atoms with Gasteiger partial charge in [-0.25, -0.2) is 9.59 Å². The minimum atomic E-state index is -2.16. The maximum absolute atomic E-state index is 13.1. The number of ketones is 1. The number of aliphatic hydroxyl groups excluding tert-OH is 1. The van der Waals surface area contributed by atoms with Crippen LogP contribution in [0.3, 0.4) is 0 Å². The number of carbonyl (C=O) groups is 5. The van der Waals surface area contributed by atoms with Gasteiger partial charge in [-0.1, -0.05) is 32.4 Å². The van der Waals surface area contributed by atoms with Gasteiger partial charge < -0.3 is 49.8 Å².